The molecular formula is H11MnNO8. The number of hydrogen-bond acceptors (Lipinski definition) is 2. The second kappa shape index (κ2) is 75.9. The minimum Gasteiger partial charge on any atom is -0.412 e. The molecule has 0 aliphatic rings. The second-order valence-electron chi connectivity index (χ2n) is 0.238. The van der Waals surface area contributed by atoms with Crippen LogP contribution >= 0.6 is 0 Å². The third kappa shape index (κ3) is 1380. The quantitative estimate of drug-likeness (QED) is 0.236. The van der Waals surface area contributed by atoms with E-state index < -0.39 is 5.09 Å². The van der Waals surface area contributed by atoms with Crippen molar-refractivity contribution in [3.05, 3.63) is 10.1 Å². The van der Waals surface area contributed by atoms with E-state index in [9.17, 15) is 0 Å². The molecule has 0 saturated heterocycles. The Bertz CT molecular complexity index is 32.2. The van der Waals surface area contributed by atoms with E-state index in [1.807, 2.05) is 0 Å². The van der Waals surface area contributed by atoms with Crippen molar-refractivity contribution in [3.8, 4) is 0 Å². The number of rotatable bonds is 0. The predicted molar refractivity (Wildman–Crippen MR) is 26.8 cm³/mol. The predicted octanol–water partition coefficient (Wildman–Crippen LogP) is -4.47. The zero-order valence-corrected chi connectivity index (χ0v) is 5.77. The summed E-state index contributed by atoms with van der Waals surface area (Å²) in [5.74, 6) is 0. The van der Waals surface area contributed by atoms with Crippen molar-refractivity contribution in [2.45, 2.75) is 0 Å². The molecule has 0 rings (SSSR count). The van der Waals surface area contributed by atoms with Gasteiger partial charge < -0.3 is 32.6 Å². The largest absolute Gasteiger partial charge is 0.412 e. The Morgan fingerprint density at radius 1 is 1.00 bits per heavy atom. The van der Waals surface area contributed by atoms with Crippen molar-refractivity contribution < 1.29 is 54.7 Å². The molecule has 11 N–H and O–H groups in total. The minimum atomic E-state index is -1.50. The molecule has 0 aromatic rings. The van der Waals surface area contributed by atoms with Crippen molar-refractivity contribution in [1.82, 2.24) is 0 Å². The monoisotopic (exact) mass is 208 g/mol. The summed E-state index contributed by atoms with van der Waals surface area (Å²) < 4.78 is 0. The van der Waals surface area contributed by atoms with Crippen molar-refractivity contribution in [3.63, 3.8) is 0 Å². The van der Waals surface area contributed by atoms with E-state index in [1.54, 1.807) is 0 Å². The molecule has 0 amide bonds. The maximum Gasteiger partial charge on any atom is 0.291 e. The summed E-state index contributed by atoms with van der Waals surface area (Å²) >= 11 is 0. The topological polar surface area (TPSA) is 221 Å². The van der Waals surface area contributed by atoms with E-state index >= 15 is 0 Å². The molecular weight excluding hydrogens is 197 g/mol. The molecule has 9 nitrogen and oxygen atoms in total. The molecule has 0 aromatic heterocycles. The van der Waals surface area contributed by atoms with Gasteiger partial charge in [-0.15, -0.1) is 10.1 Å². The van der Waals surface area contributed by atoms with E-state index in [2.05, 4.69) is 0 Å². The zero-order chi connectivity index (χ0) is 3.58. The van der Waals surface area contributed by atoms with Gasteiger partial charge in [0.25, 0.3) is 5.09 Å². The SMILES string of the molecule is O.O.O.O.O.O=[N+]([O-])O.[Mn]. The van der Waals surface area contributed by atoms with Crippen molar-refractivity contribution in [2.24, 2.45) is 0 Å². The van der Waals surface area contributed by atoms with Crippen molar-refractivity contribution >= 4 is 0 Å². The number of hydrogen-bond donors (Lipinski definition) is 1. The van der Waals surface area contributed by atoms with E-state index in [0.717, 1.165) is 0 Å². The standard InChI is InChI=1S/Mn.HNO3.5H2O/c;2-1(3)4;;;;;/h;(H,2,3,4);5*1H2. The normalized spacial score (nSPS) is 2.40. The molecule has 10 heteroatoms. The van der Waals surface area contributed by atoms with Gasteiger partial charge in [-0.1, -0.05) is 0 Å². The summed E-state index contributed by atoms with van der Waals surface area (Å²) in [6.07, 6.45) is 0. The first-order chi connectivity index (χ1) is 1.73. The smallest absolute Gasteiger partial charge is 0.291 e. The third-order valence-corrected chi connectivity index (χ3v) is 0. The fourth-order valence-electron chi connectivity index (χ4n) is 0. The van der Waals surface area contributed by atoms with Crippen molar-refractivity contribution in [1.29, 1.82) is 0 Å². The van der Waals surface area contributed by atoms with Gasteiger partial charge >= 0.3 is 0 Å². The van der Waals surface area contributed by atoms with Gasteiger partial charge in [-0.3, -0.25) is 0 Å². The first-order valence-electron chi connectivity index (χ1n) is 0.565. The van der Waals surface area contributed by atoms with Crippen LogP contribution in [0.5, 0.6) is 0 Å². The molecule has 71 valence electrons. The summed E-state index contributed by atoms with van der Waals surface area (Å²) in [4.78, 5) is 8.36. The molecule has 0 saturated carbocycles. The summed E-state index contributed by atoms with van der Waals surface area (Å²) in [5, 5.41) is 13.6. The fraction of sp³-hybridized carbons (Fsp3) is 0. The molecule has 0 aromatic carbocycles. The summed E-state index contributed by atoms with van der Waals surface area (Å²) in [7, 11) is 0. The van der Waals surface area contributed by atoms with Crippen LogP contribution in [0.4, 0.5) is 0 Å². The Kier molecular flexibility index (Phi) is 826. The van der Waals surface area contributed by atoms with Gasteiger partial charge in [0.15, 0.2) is 0 Å². The molecule has 0 heterocycles. The van der Waals surface area contributed by atoms with E-state index in [4.69, 9.17) is 15.3 Å². The fourth-order valence-corrected chi connectivity index (χ4v) is 0. The van der Waals surface area contributed by atoms with Crippen LogP contribution < -0.4 is 0 Å². The van der Waals surface area contributed by atoms with Gasteiger partial charge in [0.1, 0.15) is 0 Å². The van der Waals surface area contributed by atoms with Crippen LogP contribution in [0.25, 0.3) is 0 Å². The molecule has 0 unspecified atom stereocenters. The first-order valence-corrected chi connectivity index (χ1v) is 0.565. The van der Waals surface area contributed by atoms with Gasteiger partial charge in [0.05, 0.1) is 0 Å². The summed E-state index contributed by atoms with van der Waals surface area (Å²) in [6, 6.07) is 0. The van der Waals surface area contributed by atoms with E-state index in [0.29, 0.717) is 0 Å². The molecule has 0 atom stereocenters. The Balaban J connectivity index is -0.00000000300. The maximum atomic E-state index is 8.36. The Labute approximate surface area is 65.8 Å². The average Bonchev–Trinajstić information content (AvgIpc) is 0.811. The van der Waals surface area contributed by atoms with Crippen LogP contribution in [-0.4, -0.2) is 37.7 Å². The van der Waals surface area contributed by atoms with Crippen molar-refractivity contribution in [2.75, 3.05) is 0 Å². The average molecular weight is 208 g/mol. The Morgan fingerprint density at radius 3 is 1.00 bits per heavy atom. The zero-order valence-electron chi connectivity index (χ0n) is 4.59. The van der Waals surface area contributed by atoms with E-state index in [-0.39, 0.29) is 44.4 Å². The molecule has 0 bridgehead atoms. The van der Waals surface area contributed by atoms with Gasteiger partial charge in [-0.25, -0.2) is 0 Å². The van der Waals surface area contributed by atoms with Crippen LogP contribution in [-0.2, 0) is 17.1 Å². The van der Waals surface area contributed by atoms with Gasteiger partial charge in [0, 0.05) is 17.1 Å². The summed E-state index contributed by atoms with van der Waals surface area (Å²) in [5.41, 5.74) is 0. The third-order valence-electron chi connectivity index (χ3n) is 0. The van der Waals surface area contributed by atoms with Crippen LogP contribution in [0.2, 0.25) is 0 Å². The van der Waals surface area contributed by atoms with Gasteiger partial charge in [0.2, 0.25) is 0 Å². The molecule has 0 fully saturated rings. The van der Waals surface area contributed by atoms with Crippen LogP contribution in [0.1, 0.15) is 0 Å². The summed E-state index contributed by atoms with van der Waals surface area (Å²) in [6.45, 7) is 0. The Morgan fingerprint density at radius 2 is 1.00 bits per heavy atom. The Hall–Kier alpha value is -0.481. The molecule has 0 aliphatic carbocycles. The molecule has 0 aliphatic heterocycles. The molecule has 0 spiro atoms. The van der Waals surface area contributed by atoms with Gasteiger partial charge in [-0.05, 0) is 0 Å². The van der Waals surface area contributed by atoms with Crippen LogP contribution in [0.3, 0.4) is 0 Å². The first kappa shape index (κ1) is 109. The minimum absolute atomic E-state index is 0. The maximum absolute atomic E-state index is 8.36. The van der Waals surface area contributed by atoms with Crippen LogP contribution in [0.15, 0.2) is 0 Å². The number of nitrogens with zero attached hydrogens (tertiary/aromatic N) is 1. The molecule has 10 heavy (non-hydrogen) atoms. The van der Waals surface area contributed by atoms with E-state index in [1.165, 1.54) is 0 Å². The van der Waals surface area contributed by atoms with Gasteiger partial charge in [-0.2, -0.15) is 0 Å². The second-order valence-corrected chi connectivity index (χ2v) is 0.238. The van der Waals surface area contributed by atoms with Crippen LogP contribution in [0, 0.1) is 10.1 Å². The molecule has 1 radical (unpaired) electrons.